The second-order valence-electron chi connectivity index (χ2n) is 1.58. The van der Waals surface area contributed by atoms with Crippen LogP contribution in [-0.2, 0) is 6.54 Å². The maximum Gasteiger partial charge on any atom is 0.0616 e. The maximum absolute atomic E-state index is 8.00. The van der Waals surface area contributed by atoms with Gasteiger partial charge < -0.3 is 0 Å². The summed E-state index contributed by atoms with van der Waals surface area (Å²) in [4.78, 5) is 3.73. The van der Waals surface area contributed by atoms with E-state index in [-0.39, 0.29) is 0 Å². The molecule has 10 heavy (non-hydrogen) atoms. The van der Waals surface area contributed by atoms with Crippen molar-refractivity contribution in [3.63, 3.8) is 0 Å². The van der Waals surface area contributed by atoms with Gasteiger partial charge in [-0.05, 0) is 32.9 Å². The average Bonchev–Trinajstić information content (AvgIpc) is 2.31. The van der Waals surface area contributed by atoms with Gasteiger partial charge in [0.2, 0.25) is 0 Å². The fraction of sp³-hybridized carbons (Fsp3) is 0.200. The van der Waals surface area contributed by atoms with Gasteiger partial charge in [0.05, 0.1) is 6.54 Å². The number of hydrogen-bond acceptors (Lipinski definition) is 2. The lowest BCUT2D eigenvalue weighted by molar-refractivity contribution is 1.07. The number of thiophene rings is 1. The third-order valence-electron chi connectivity index (χ3n) is 0.969. The maximum atomic E-state index is 8.00. The van der Waals surface area contributed by atoms with Crippen LogP contribution in [0.5, 0.6) is 0 Å². The molecular weight excluding hydrogens is 214 g/mol. The fourth-order valence-electron chi connectivity index (χ4n) is 0.534. The molecule has 52 valence electrons. The normalized spacial score (nSPS) is 8.90. The summed E-state index contributed by atoms with van der Waals surface area (Å²) in [6.07, 6.45) is 0. The van der Waals surface area contributed by atoms with Crippen molar-refractivity contribution in [3.05, 3.63) is 31.2 Å². The standard InChI is InChI=1S/C5H4BrN3S/c6-4-1-2-10-5(4)3-8-9-7/h1-2H,3H2. The first kappa shape index (κ1) is 7.60. The van der Waals surface area contributed by atoms with Crippen molar-refractivity contribution in [2.45, 2.75) is 6.54 Å². The Morgan fingerprint density at radius 1 is 1.80 bits per heavy atom. The molecule has 0 N–H and O–H groups in total. The summed E-state index contributed by atoms with van der Waals surface area (Å²) in [6, 6.07) is 1.94. The highest BCUT2D eigenvalue weighted by Gasteiger charge is 1.97. The monoisotopic (exact) mass is 217 g/mol. The first-order valence-corrected chi connectivity index (χ1v) is 4.24. The highest BCUT2D eigenvalue weighted by atomic mass is 79.9. The zero-order chi connectivity index (χ0) is 7.40. The van der Waals surface area contributed by atoms with E-state index in [2.05, 4.69) is 26.0 Å². The molecule has 5 heteroatoms. The molecule has 1 heterocycles. The molecule has 1 aromatic rings. The Bertz CT molecular complexity index is 264. The molecule has 0 fully saturated rings. The van der Waals surface area contributed by atoms with E-state index in [1.165, 1.54) is 0 Å². The van der Waals surface area contributed by atoms with Crippen LogP contribution in [-0.4, -0.2) is 0 Å². The minimum atomic E-state index is 0.439. The van der Waals surface area contributed by atoms with E-state index in [4.69, 9.17) is 5.53 Å². The Hall–Kier alpha value is -0.510. The molecule has 0 aliphatic carbocycles. The van der Waals surface area contributed by atoms with Gasteiger partial charge in [0.1, 0.15) is 0 Å². The predicted octanol–water partition coefficient (Wildman–Crippen LogP) is 3.32. The van der Waals surface area contributed by atoms with E-state index in [1.807, 2.05) is 11.4 Å². The first-order valence-electron chi connectivity index (χ1n) is 2.57. The molecule has 0 radical (unpaired) electrons. The smallest absolute Gasteiger partial charge is 0.0616 e. The molecule has 0 aromatic carbocycles. The minimum absolute atomic E-state index is 0.439. The molecule has 0 atom stereocenters. The van der Waals surface area contributed by atoms with Gasteiger partial charge in [0, 0.05) is 14.3 Å². The van der Waals surface area contributed by atoms with E-state index in [0.717, 1.165) is 9.35 Å². The van der Waals surface area contributed by atoms with Crippen LogP contribution >= 0.6 is 27.3 Å². The van der Waals surface area contributed by atoms with E-state index in [1.54, 1.807) is 11.3 Å². The highest BCUT2D eigenvalue weighted by Crippen LogP contribution is 2.22. The van der Waals surface area contributed by atoms with Crippen LogP contribution in [0.25, 0.3) is 10.4 Å². The second kappa shape index (κ2) is 3.61. The first-order chi connectivity index (χ1) is 4.84. The molecule has 0 bridgehead atoms. The summed E-state index contributed by atoms with van der Waals surface area (Å²) in [5, 5.41) is 5.39. The number of nitrogens with zero attached hydrogens (tertiary/aromatic N) is 3. The van der Waals surface area contributed by atoms with E-state index < -0.39 is 0 Å². The molecule has 3 nitrogen and oxygen atoms in total. The summed E-state index contributed by atoms with van der Waals surface area (Å²) >= 11 is 4.90. The van der Waals surface area contributed by atoms with Gasteiger partial charge in [0.15, 0.2) is 0 Å². The molecule has 0 saturated carbocycles. The Morgan fingerprint density at radius 3 is 3.10 bits per heavy atom. The third kappa shape index (κ3) is 1.73. The van der Waals surface area contributed by atoms with Gasteiger partial charge in [-0.3, -0.25) is 0 Å². The molecular formula is C5H4BrN3S. The lowest BCUT2D eigenvalue weighted by Gasteiger charge is -1.86. The van der Waals surface area contributed by atoms with Gasteiger partial charge in [-0.25, -0.2) is 0 Å². The van der Waals surface area contributed by atoms with Crippen molar-refractivity contribution in [2.75, 3.05) is 0 Å². The van der Waals surface area contributed by atoms with Crippen molar-refractivity contribution in [2.24, 2.45) is 5.11 Å². The van der Waals surface area contributed by atoms with Crippen molar-refractivity contribution in [3.8, 4) is 0 Å². The zero-order valence-corrected chi connectivity index (χ0v) is 7.39. The molecule has 0 amide bonds. The summed E-state index contributed by atoms with van der Waals surface area (Å²) < 4.78 is 1.02. The Morgan fingerprint density at radius 2 is 2.60 bits per heavy atom. The summed E-state index contributed by atoms with van der Waals surface area (Å²) in [5.41, 5.74) is 8.00. The van der Waals surface area contributed by atoms with Crippen LogP contribution in [0.15, 0.2) is 21.0 Å². The fourth-order valence-corrected chi connectivity index (χ4v) is 1.93. The Labute approximate surface area is 70.4 Å². The van der Waals surface area contributed by atoms with Gasteiger partial charge in [-0.1, -0.05) is 5.11 Å². The van der Waals surface area contributed by atoms with Crippen molar-refractivity contribution in [1.82, 2.24) is 0 Å². The highest BCUT2D eigenvalue weighted by molar-refractivity contribution is 9.10. The molecule has 0 aliphatic rings. The van der Waals surface area contributed by atoms with Crippen molar-refractivity contribution >= 4 is 27.3 Å². The van der Waals surface area contributed by atoms with E-state index in [0.29, 0.717) is 6.54 Å². The van der Waals surface area contributed by atoms with Crippen molar-refractivity contribution < 1.29 is 0 Å². The molecule has 0 unspecified atom stereocenters. The predicted molar refractivity (Wildman–Crippen MR) is 44.9 cm³/mol. The largest absolute Gasteiger partial charge is 0.148 e. The van der Waals surface area contributed by atoms with E-state index >= 15 is 0 Å². The SMILES string of the molecule is [N-]=[N+]=NCc1sccc1Br. The minimum Gasteiger partial charge on any atom is -0.148 e. The van der Waals surface area contributed by atoms with Crippen LogP contribution < -0.4 is 0 Å². The van der Waals surface area contributed by atoms with Gasteiger partial charge in [-0.2, -0.15) is 0 Å². The lowest BCUT2D eigenvalue weighted by atomic mass is 10.5. The lowest BCUT2D eigenvalue weighted by Crippen LogP contribution is -1.70. The van der Waals surface area contributed by atoms with Crippen LogP contribution in [0.1, 0.15) is 4.88 Å². The number of halogens is 1. The second-order valence-corrected chi connectivity index (χ2v) is 3.44. The summed E-state index contributed by atoms with van der Waals surface area (Å²) in [6.45, 7) is 0.439. The van der Waals surface area contributed by atoms with Crippen LogP contribution in [0.4, 0.5) is 0 Å². The average molecular weight is 218 g/mol. The van der Waals surface area contributed by atoms with Crippen LogP contribution in [0.3, 0.4) is 0 Å². The zero-order valence-electron chi connectivity index (χ0n) is 4.99. The van der Waals surface area contributed by atoms with Crippen molar-refractivity contribution in [1.29, 1.82) is 0 Å². The quantitative estimate of drug-likeness (QED) is 0.415. The van der Waals surface area contributed by atoms with Crippen LogP contribution in [0.2, 0.25) is 0 Å². The number of rotatable bonds is 2. The molecule has 0 aliphatic heterocycles. The molecule has 0 spiro atoms. The summed E-state index contributed by atoms with van der Waals surface area (Å²) in [7, 11) is 0. The molecule has 1 rings (SSSR count). The van der Waals surface area contributed by atoms with Gasteiger partial charge >= 0.3 is 0 Å². The molecule has 1 aromatic heterocycles. The van der Waals surface area contributed by atoms with Crippen LogP contribution in [0, 0.1) is 0 Å². The Balaban J connectivity index is 2.74. The third-order valence-corrected chi connectivity index (χ3v) is 2.88. The van der Waals surface area contributed by atoms with Gasteiger partial charge in [0.25, 0.3) is 0 Å². The molecule has 0 saturated heterocycles. The summed E-state index contributed by atoms with van der Waals surface area (Å²) in [5.74, 6) is 0. The van der Waals surface area contributed by atoms with E-state index in [9.17, 15) is 0 Å². The number of hydrogen-bond donors (Lipinski definition) is 0. The number of azide groups is 1. The van der Waals surface area contributed by atoms with Gasteiger partial charge in [-0.15, -0.1) is 11.3 Å². The topological polar surface area (TPSA) is 48.8 Å². The Kier molecular flexibility index (Phi) is 2.74.